The molecule has 0 aliphatic carbocycles. The normalized spacial score (nSPS) is 18.4. The average molecular weight is 413 g/mol. The van der Waals surface area contributed by atoms with Gasteiger partial charge in [0.2, 0.25) is 10.0 Å². The van der Waals surface area contributed by atoms with E-state index in [4.69, 9.17) is 4.84 Å². The molecule has 7 nitrogen and oxygen atoms in total. The number of hydrogen-bond acceptors (Lipinski definition) is 5. The molecule has 1 atom stereocenters. The van der Waals surface area contributed by atoms with Gasteiger partial charge >= 0.3 is 0 Å². The Morgan fingerprint density at radius 1 is 1.21 bits per heavy atom. The highest BCUT2D eigenvalue weighted by molar-refractivity contribution is 7.89. The molecule has 152 valence electrons. The molecular formula is C21H24N4O3S. The summed E-state index contributed by atoms with van der Waals surface area (Å²) in [5.74, 6) is 0.370. The Morgan fingerprint density at radius 2 is 2.03 bits per heavy atom. The minimum atomic E-state index is -3.55. The maximum Gasteiger partial charge on any atom is 0.243 e. The highest BCUT2D eigenvalue weighted by atomic mass is 32.2. The first-order valence-corrected chi connectivity index (χ1v) is 11.2. The second kappa shape index (κ2) is 8.34. The van der Waals surface area contributed by atoms with Crippen molar-refractivity contribution in [2.45, 2.75) is 24.7 Å². The van der Waals surface area contributed by atoms with Gasteiger partial charge in [-0.2, -0.15) is 4.31 Å². The van der Waals surface area contributed by atoms with Gasteiger partial charge in [0.05, 0.1) is 4.90 Å². The maximum atomic E-state index is 13.1. The van der Waals surface area contributed by atoms with Gasteiger partial charge in [0.1, 0.15) is 17.6 Å². The third kappa shape index (κ3) is 4.33. The summed E-state index contributed by atoms with van der Waals surface area (Å²) in [4.78, 5) is 7.18. The fourth-order valence-electron chi connectivity index (χ4n) is 3.51. The molecule has 2 heterocycles. The van der Waals surface area contributed by atoms with Crippen LogP contribution in [0.1, 0.15) is 25.3 Å². The number of rotatable bonds is 6. The lowest BCUT2D eigenvalue weighted by molar-refractivity contribution is 0.110. The van der Waals surface area contributed by atoms with E-state index in [0.717, 1.165) is 18.4 Å². The molecule has 1 unspecified atom stereocenters. The van der Waals surface area contributed by atoms with E-state index in [2.05, 4.69) is 17.2 Å². The Balaban J connectivity index is 1.52. The van der Waals surface area contributed by atoms with Crippen LogP contribution in [-0.2, 0) is 10.0 Å². The van der Waals surface area contributed by atoms with Gasteiger partial charge in [0, 0.05) is 13.1 Å². The number of sulfonamides is 1. The second-order valence-corrected chi connectivity index (χ2v) is 9.27. The van der Waals surface area contributed by atoms with Gasteiger partial charge in [-0.05, 0) is 53.8 Å². The van der Waals surface area contributed by atoms with Crippen molar-refractivity contribution in [1.82, 2.24) is 19.5 Å². The fourth-order valence-corrected chi connectivity index (χ4v) is 5.13. The van der Waals surface area contributed by atoms with Crippen LogP contribution < -0.4 is 4.84 Å². The fraction of sp³-hybridized carbons (Fsp3) is 0.333. The van der Waals surface area contributed by atoms with Crippen LogP contribution >= 0.6 is 0 Å². The van der Waals surface area contributed by atoms with Gasteiger partial charge in [-0.1, -0.05) is 48.2 Å². The summed E-state index contributed by atoms with van der Waals surface area (Å²) in [6, 6.07) is 14.7. The number of piperidine rings is 1. The van der Waals surface area contributed by atoms with Crippen LogP contribution in [0.4, 0.5) is 0 Å². The molecule has 1 aliphatic rings. The summed E-state index contributed by atoms with van der Waals surface area (Å²) in [6.07, 6.45) is 5.77. The molecule has 8 heteroatoms. The van der Waals surface area contributed by atoms with Gasteiger partial charge < -0.3 is 4.84 Å². The van der Waals surface area contributed by atoms with Crippen LogP contribution in [-0.4, -0.2) is 47.6 Å². The molecule has 1 aromatic heterocycles. The van der Waals surface area contributed by atoms with Crippen LogP contribution in [0.25, 0.3) is 17.1 Å². The largest absolute Gasteiger partial charge is 0.391 e. The third-order valence-electron chi connectivity index (χ3n) is 5.05. The molecule has 29 heavy (non-hydrogen) atoms. The standard InChI is InChI=1S/C21H24N4O3S/c1-17-7-5-13-24(16-17)29(26,27)19-11-12-20-21(15-19)25(23-22-20)28-14-6-10-18-8-3-2-4-9-18/h2-4,6,8-12,15,17H,5,7,13-14,16H2,1H3/b10-6+. The smallest absolute Gasteiger partial charge is 0.243 e. The highest BCUT2D eigenvalue weighted by Gasteiger charge is 2.29. The van der Waals surface area contributed by atoms with Crippen LogP contribution in [0, 0.1) is 5.92 Å². The predicted molar refractivity (Wildman–Crippen MR) is 112 cm³/mol. The van der Waals surface area contributed by atoms with Gasteiger partial charge in [-0.15, -0.1) is 5.10 Å². The van der Waals surface area contributed by atoms with E-state index in [1.54, 1.807) is 22.5 Å². The summed E-state index contributed by atoms with van der Waals surface area (Å²) in [7, 11) is -3.55. The lowest BCUT2D eigenvalue weighted by Crippen LogP contribution is -2.39. The Hall–Kier alpha value is -2.71. The molecule has 3 aromatic rings. The zero-order valence-corrected chi connectivity index (χ0v) is 17.1. The van der Waals surface area contributed by atoms with Gasteiger partial charge in [-0.3, -0.25) is 0 Å². The Labute approximate surface area is 170 Å². The van der Waals surface area contributed by atoms with Crippen LogP contribution in [0.2, 0.25) is 0 Å². The molecule has 4 rings (SSSR count). The van der Waals surface area contributed by atoms with E-state index in [1.165, 1.54) is 4.85 Å². The van der Waals surface area contributed by atoms with Crippen molar-refractivity contribution >= 4 is 27.1 Å². The van der Waals surface area contributed by atoms with Gasteiger partial charge in [-0.25, -0.2) is 8.42 Å². The molecule has 0 amide bonds. The summed E-state index contributed by atoms with van der Waals surface area (Å²) in [6.45, 7) is 3.48. The number of fused-ring (bicyclic) bond motifs is 1. The molecular weight excluding hydrogens is 388 g/mol. The molecule has 0 bridgehead atoms. The molecule has 1 fully saturated rings. The van der Waals surface area contributed by atoms with E-state index in [0.29, 0.717) is 30.0 Å². The molecule has 1 aliphatic heterocycles. The quantitative estimate of drug-likeness (QED) is 0.622. The van der Waals surface area contributed by atoms with Crippen LogP contribution in [0.15, 0.2) is 59.5 Å². The second-order valence-electron chi connectivity index (χ2n) is 7.33. The number of benzene rings is 2. The minimum Gasteiger partial charge on any atom is -0.391 e. The van der Waals surface area contributed by atoms with E-state index in [-0.39, 0.29) is 11.5 Å². The average Bonchev–Trinajstić information content (AvgIpc) is 3.14. The number of nitrogens with zero attached hydrogens (tertiary/aromatic N) is 4. The topological polar surface area (TPSA) is 77.3 Å². The third-order valence-corrected chi connectivity index (χ3v) is 6.91. The lowest BCUT2D eigenvalue weighted by Gasteiger charge is -2.30. The molecule has 2 aromatic carbocycles. The zero-order valence-electron chi connectivity index (χ0n) is 16.3. The molecule has 1 saturated heterocycles. The van der Waals surface area contributed by atoms with E-state index in [9.17, 15) is 8.42 Å². The molecule has 0 spiro atoms. The van der Waals surface area contributed by atoms with Gasteiger partial charge in [0.25, 0.3) is 0 Å². The SMILES string of the molecule is CC1CCCN(S(=O)(=O)c2ccc3nnn(OC/C=C/c4ccccc4)c3c2)C1. The molecule has 0 N–H and O–H groups in total. The highest BCUT2D eigenvalue weighted by Crippen LogP contribution is 2.25. The summed E-state index contributed by atoms with van der Waals surface area (Å²) in [5.41, 5.74) is 2.19. The van der Waals surface area contributed by atoms with Crippen molar-refractivity contribution < 1.29 is 13.3 Å². The molecule has 0 radical (unpaired) electrons. The first-order chi connectivity index (χ1) is 14.0. The monoisotopic (exact) mass is 412 g/mol. The minimum absolute atomic E-state index is 0.242. The van der Waals surface area contributed by atoms with Crippen molar-refractivity contribution in [3.8, 4) is 0 Å². The Kier molecular flexibility index (Phi) is 5.64. The zero-order chi connectivity index (χ0) is 20.3. The van der Waals surface area contributed by atoms with Crippen molar-refractivity contribution in [2.24, 2.45) is 5.92 Å². The van der Waals surface area contributed by atoms with Crippen molar-refractivity contribution in [1.29, 1.82) is 0 Å². The predicted octanol–water partition coefficient (Wildman–Crippen LogP) is 2.99. The Bertz CT molecular complexity index is 1110. The first-order valence-electron chi connectivity index (χ1n) is 9.74. The summed E-state index contributed by atoms with van der Waals surface area (Å²) in [5, 5.41) is 8.05. The van der Waals surface area contributed by atoms with E-state index >= 15 is 0 Å². The molecule has 0 saturated carbocycles. The Morgan fingerprint density at radius 3 is 2.83 bits per heavy atom. The van der Waals surface area contributed by atoms with Crippen molar-refractivity contribution in [2.75, 3.05) is 19.7 Å². The summed E-state index contributed by atoms with van der Waals surface area (Å²) < 4.78 is 27.7. The van der Waals surface area contributed by atoms with Crippen LogP contribution in [0.5, 0.6) is 0 Å². The maximum absolute atomic E-state index is 13.1. The van der Waals surface area contributed by atoms with E-state index in [1.807, 2.05) is 42.5 Å². The first kappa shape index (κ1) is 19.6. The van der Waals surface area contributed by atoms with Crippen molar-refractivity contribution in [3.63, 3.8) is 0 Å². The number of aromatic nitrogens is 3. The van der Waals surface area contributed by atoms with Crippen LogP contribution in [0.3, 0.4) is 0 Å². The van der Waals surface area contributed by atoms with Crippen molar-refractivity contribution in [3.05, 3.63) is 60.2 Å². The lowest BCUT2D eigenvalue weighted by atomic mass is 10.0. The van der Waals surface area contributed by atoms with E-state index < -0.39 is 10.0 Å². The number of hydrogen-bond donors (Lipinski definition) is 0. The van der Waals surface area contributed by atoms with Gasteiger partial charge in [0.15, 0.2) is 0 Å². The summed E-state index contributed by atoms with van der Waals surface area (Å²) >= 11 is 0.